The van der Waals surface area contributed by atoms with E-state index in [1.807, 2.05) is 13.0 Å². The van der Waals surface area contributed by atoms with Crippen molar-refractivity contribution in [3.63, 3.8) is 0 Å². The standard InChI is InChI=1S/C12H20N2O/c1-10-5-6-12(15-10)9-14(2)8-11-4-3-7-13-11/h5-6,11,13H,3-4,7-9H2,1-2H3/t11-/m0/s1. The van der Waals surface area contributed by atoms with Crippen molar-refractivity contribution in [1.82, 2.24) is 10.2 Å². The molecule has 0 aromatic carbocycles. The lowest BCUT2D eigenvalue weighted by Crippen LogP contribution is -2.34. The molecule has 2 rings (SSSR count). The van der Waals surface area contributed by atoms with Gasteiger partial charge < -0.3 is 9.73 Å². The van der Waals surface area contributed by atoms with Crippen molar-refractivity contribution in [3.05, 3.63) is 23.7 Å². The fourth-order valence-corrected chi connectivity index (χ4v) is 2.19. The van der Waals surface area contributed by atoms with Gasteiger partial charge in [0.1, 0.15) is 11.5 Å². The van der Waals surface area contributed by atoms with Gasteiger partial charge in [-0.15, -0.1) is 0 Å². The van der Waals surface area contributed by atoms with Gasteiger partial charge in [0.25, 0.3) is 0 Å². The zero-order valence-electron chi connectivity index (χ0n) is 9.62. The van der Waals surface area contributed by atoms with Gasteiger partial charge in [0.05, 0.1) is 6.54 Å². The number of hydrogen-bond acceptors (Lipinski definition) is 3. The maximum absolute atomic E-state index is 5.56. The van der Waals surface area contributed by atoms with E-state index in [9.17, 15) is 0 Å². The third-order valence-corrected chi connectivity index (χ3v) is 2.92. The molecule has 0 unspecified atom stereocenters. The summed E-state index contributed by atoms with van der Waals surface area (Å²) in [5, 5.41) is 3.51. The predicted molar refractivity (Wildman–Crippen MR) is 60.8 cm³/mol. The zero-order chi connectivity index (χ0) is 10.7. The average Bonchev–Trinajstić information content (AvgIpc) is 2.77. The summed E-state index contributed by atoms with van der Waals surface area (Å²) in [6, 6.07) is 4.76. The van der Waals surface area contributed by atoms with E-state index in [0.717, 1.165) is 24.6 Å². The Morgan fingerprint density at radius 1 is 1.53 bits per heavy atom. The third-order valence-electron chi connectivity index (χ3n) is 2.92. The molecular weight excluding hydrogens is 188 g/mol. The van der Waals surface area contributed by atoms with Crippen LogP contribution < -0.4 is 5.32 Å². The van der Waals surface area contributed by atoms with Gasteiger partial charge in [-0.2, -0.15) is 0 Å². The van der Waals surface area contributed by atoms with E-state index >= 15 is 0 Å². The van der Waals surface area contributed by atoms with Crippen LogP contribution in [-0.2, 0) is 6.54 Å². The maximum Gasteiger partial charge on any atom is 0.118 e. The summed E-state index contributed by atoms with van der Waals surface area (Å²) in [6.07, 6.45) is 2.62. The maximum atomic E-state index is 5.56. The van der Waals surface area contributed by atoms with Crippen molar-refractivity contribution in [2.24, 2.45) is 0 Å². The number of aryl methyl sites for hydroxylation is 1. The van der Waals surface area contributed by atoms with Gasteiger partial charge in [0.15, 0.2) is 0 Å². The summed E-state index contributed by atoms with van der Waals surface area (Å²) >= 11 is 0. The van der Waals surface area contributed by atoms with Gasteiger partial charge in [-0.25, -0.2) is 0 Å². The van der Waals surface area contributed by atoms with Gasteiger partial charge in [-0.1, -0.05) is 0 Å². The molecule has 3 nitrogen and oxygen atoms in total. The molecule has 1 fully saturated rings. The lowest BCUT2D eigenvalue weighted by molar-refractivity contribution is 0.267. The smallest absolute Gasteiger partial charge is 0.118 e. The lowest BCUT2D eigenvalue weighted by Gasteiger charge is -2.19. The van der Waals surface area contributed by atoms with Crippen molar-refractivity contribution >= 4 is 0 Å². The van der Waals surface area contributed by atoms with E-state index < -0.39 is 0 Å². The van der Waals surface area contributed by atoms with Crippen LogP contribution in [0.25, 0.3) is 0 Å². The van der Waals surface area contributed by atoms with Crippen molar-refractivity contribution in [1.29, 1.82) is 0 Å². The van der Waals surface area contributed by atoms with Crippen LogP contribution in [0, 0.1) is 6.92 Å². The Kier molecular flexibility index (Phi) is 3.44. The number of furan rings is 1. The predicted octanol–water partition coefficient (Wildman–Crippen LogP) is 1.77. The van der Waals surface area contributed by atoms with Gasteiger partial charge in [0, 0.05) is 12.6 Å². The van der Waals surface area contributed by atoms with Crippen molar-refractivity contribution in [2.75, 3.05) is 20.1 Å². The number of rotatable bonds is 4. The second-order valence-corrected chi connectivity index (χ2v) is 4.50. The van der Waals surface area contributed by atoms with Gasteiger partial charge in [-0.05, 0) is 45.5 Å². The number of nitrogens with one attached hydrogen (secondary N) is 1. The minimum Gasteiger partial charge on any atom is -0.465 e. The first-order chi connectivity index (χ1) is 7.24. The topological polar surface area (TPSA) is 28.4 Å². The fraction of sp³-hybridized carbons (Fsp3) is 0.667. The second kappa shape index (κ2) is 4.81. The molecule has 0 radical (unpaired) electrons. The Labute approximate surface area is 91.4 Å². The Morgan fingerprint density at radius 3 is 3.00 bits per heavy atom. The van der Waals surface area contributed by atoms with Crippen LogP contribution in [0.2, 0.25) is 0 Å². The van der Waals surface area contributed by atoms with Crippen LogP contribution in [0.3, 0.4) is 0 Å². The first-order valence-electron chi connectivity index (χ1n) is 5.71. The molecule has 2 heterocycles. The van der Waals surface area contributed by atoms with E-state index in [-0.39, 0.29) is 0 Å². The summed E-state index contributed by atoms with van der Waals surface area (Å²) in [6.45, 7) is 5.19. The average molecular weight is 208 g/mol. The highest BCUT2D eigenvalue weighted by Crippen LogP contribution is 2.11. The molecule has 3 heteroatoms. The van der Waals surface area contributed by atoms with Crippen LogP contribution in [0.4, 0.5) is 0 Å². The summed E-state index contributed by atoms with van der Waals surface area (Å²) in [5.74, 6) is 2.06. The molecule has 1 aromatic rings. The second-order valence-electron chi connectivity index (χ2n) is 4.50. The van der Waals surface area contributed by atoms with Crippen LogP contribution in [-0.4, -0.2) is 31.1 Å². The number of likely N-dealkylation sites (N-methyl/N-ethyl adjacent to an activating group) is 1. The summed E-state index contributed by atoms with van der Waals surface area (Å²) in [4.78, 5) is 2.32. The fourth-order valence-electron chi connectivity index (χ4n) is 2.19. The van der Waals surface area contributed by atoms with E-state index in [2.05, 4.69) is 23.3 Å². The van der Waals surface area contributed by atoms with Gasteiger partial charge >= 0.3 is 0 Å². The molecule has 1 N–H and O–H groups in total. The monoisotopic (exact) mass is 208 g/mol. The summed E-state index contributed by atoms with van der Waals surface area (Å²) < 4.78 is 5.56. The number of nitrogens with zero attached hydrogens (tertiary/aromatic N) is 1. The van der Waals surface area contributed by atoms with E-state index in [0.29, 0.717) is 6.04 Å². The minimum atomic E-state index is 0.672. The largest absolute Gasteiger partial charge is 0.465 e. The minimum absolute atomic E-state index is 0.672. The quantitative estimate of drug-likeness (QED) is 0.817. The van der Waals surface area contributed by atoms with Crippen LogP contribution in [0.1, 0.15) is 24.4 Å². The third kappa shape index (κ3) is 3.08. The van der Waals surface area contributed by atoms with Crippen molar-refractivity contribution in [3.8, 4) is 0 Å². The van der Waals surface area contributed by atoms with E-state index in [1.54, 1.807) is 0 Å². The van der Waals surface area contributed by atoms with Crippen LogP contribution >= 0.6 is 0 Å². The number of hydrogen-bond donors (Lipinski definition) is 1. The normalized spacial score (nSPS) is 21.4. The summed E-state index contributed by atoms with van der Waals surface area (Å²) in [5.41, 5.74) is 0. The molecule has 84 valence electrons. The molecule has 0 amide bonds. The molecular formula is C12H20N2O. The lowest BCUT2D eigenvalue weighted by atomic mass is 10.2. The Balaban J connectivity index is 1.78. The highest BCUT2D eigenvalue weighted by Gasteiger charge is 2.16. The Bertz CT molecular complexity index is 302. The molecule has 1 aliphatic rings. The molecule has 0 bridgehead atoms. The molecule has 0 saturated carbocycles. The highest BCUT2D eigenvalue weighted by molar-refractivity contribution is 5.05. The van der Waals surface area contributed by atoms with Gasteiger partial charge in [-0.3, -0.25) is 4.90 Å². The molecule has 1 aromatic heterocycles. The molecule has 1 saturated heterocycles. The first-order valence-corrected chi connectivity index (χ1v) is 5.71. The SMILES string of the molecule is Cc1ccc(CN(C)C[C@@H]2CCCN2)o1. The Hall–Kier alpha value is -0.800. The molecule has 1 atom stereocenters. The first kappa shape index (κ1) is 10.7. The van der Waals surface area contributed by atoms with E-state index in [4.69, 9.17) is 4.42 Å². The van der Waals surface area contributed by atoms with Crippen molar-refractivity contribution < 1.29 is 4.42 Å². The van der Waals surface area contributed by atoms with Crippen LogP contribution in [0.5, 0.6) is 0 Å². The van der Waals surface area contributed by atoms with E-state index in [1.165, 1.54) is 19.4 Å². The zero-order valence-corrected chi connectivity index (χ0v) is 9.62. The molecule has 1 aliphatic heterocycles. The van der Waals surface area contributed by atoms with Crippen LogP contribution in [0.15, 0.2) is 16.5 Å². The highest BCUT2D eigenvalue weighted by atomic mass is 16.3. The molecule has 0 spiro atoms. The molecule has 0 aliphatic carbocycles. The van der Waals surface area contributed by atoms with Crippen molar-refractivity contribution in [2.45, 2.75) is 32.4 Å². The molecule has 15 heavy (non-hydrogen) atoms. The summed E-state index contributed by atoms with van der Waals surface area (Å²) in [7, 11) is 2.15. The van der Waals surface area contributed by atoms with Gasteiger partial charge in [0.2, 0.25) is 0 Å². The Morgan fingerprint density at radius 2 is 2.40 bits per heavy atom.